The summed E-state index contributed by atoms with van der Waals surface area (Å²) in [5.41, 5.74) is 7.50. The van der Waals surface area contributed by atoms with Gasteiger partial charge in [0.2, 0.25) is 5.88 Å². The Morgan fingerprint density at radius 1 is 1.23 bits per heavy atom. The molecule has 2 N–H and O–H groups in total. The molecule has 2 heterocycles. The highest BCUT2D eigenvalue weighted by molar-refractivity contribution is 7.10. The van der Waals surface area contributed by atoms with Crippen LogP contribution in [0.4, 0.5) is 0 Å². The molecule has 150 valence electrons. The number of esters is 1. The van der Waals surface area contributed by atoms with Gasteiger partial charge in [-0.1, -0.05) is 24.3 Å². The maximum absolute atomic E-state index is 12.7. The Balaban J connectivity index is 1.66. The molecular weight excluding hydrogens is 400 g/mol. The maximum Gasteiger partial charge on any atom is 0.347 e. The Labute approximate surface area is 177 Å². The Bertz CT molecular complexity index is 1160. The molecule has 1 unspecified atom stereocenters. The van der Waals surface area contributed by atoms with Crippen molar-refractivity contribution in [2.45, 2.75) is 12.8 Å². The fourth-order valence-electron chi connectivity index (χ4n) is 3.33. The number of nitrogens with two attached hydrogens (primary N) is 1. The topological polar surface area (TPSA) is 94.6 Å². The molecule has 1 aliphatic heterocycles. The molecule has 30 heavy (non-hydrogen) atoms. The van der Waals surface area contributed by atoms with Crippen LogP contribution in [-0.2, 0) is 0 Å². The van der Waals surface area contributed by atoms with Gasteiger partial charge in [-0.25, -0.2) is 4.79 Å². The van der Waals surface area contributed by atoms with Crippen molar-refractivity contribution >= 4 is 17.3 Å². The number of carbonyl (C=O) groups is 1. The number of carbonyl (C=O) groups excluding carboxylic acids is 1. The van der Waals surface area contributed by atoms with Crippen molar-refractivity contribution in [2.24, 2.45) is 5.73 Å². The van der Waals surface area contributed by atoms with Crippen molar-refractivity contribution < 1.29 is 19.0 Å². The minimum absolute atomic E-state index is 0.0496. The van der Waals surface area contributed by atoms with E-state index in [4.69, 9.17) is 19.9 Å². The summed E-state index contributed by atoms with van der Waals surface area (Å²) < 4.78 is 16.7. The summed E-state index contributed by atoms with van der Waals surface area (Å²) in [4.78, 5) is 13.7. The third kappa shape index (κ3) is 3.61. The van der Waals surface area contributed by atoms with Gasteiger partial charge in [0.1, 0.15) is 34.5 Å². The van der Waals surface area contributed by atoms with E-state index in [1.807, 2.05) is 24.4 Å². The molecule has 0 spiro atoms. The first-order valence-electron chi connectivity index (χ1n) is 9.31. The van der Waals surface area contributed by atoms with Gasteiger partial charge in [0.15, 0.2) is 0 Å². The van der Waals surface area contributed by atoms with E-state index in [0.29, 0.717) is 35.0 Å². The van der Waals surface area contributed by atoms with Crippen LogP contribution in [0, 0.1) is 11.3 Å². The molecular formula is C23H18N2O4S. The van der Waals surface area contributed by atoms with E-state index in [-0.39, 0.29) is 11.8 Å². The molecule has 0 amide bonds. The molecule has 1 aromatic heterocycles. The summed E-state index contributed by atoms with van der Waals surface area (Å²) >= 11 is 1.54. The molecule has 0 fully saturated rings. The van der Waals surface area contributed by atoms with Crippen molar-refractivity contribution in [2.75, 3.05) is 6.61 Å². The summed E-state index contributed by atoms with van der Waals surface area (Å²) in [6, 6.07) is 18.0. The molecule has 7 heteroatoms. The Morgan fingerprint density at radius 3 is 2.80 bits per heavy atom. The molecule has 0 saturated heterocycles. The monoisotopic (exact) mass is 418 g/mol. The zero-order valence-electron chi connectivity index (χ0n) is 16.1. The molecule has 0 saturated carbocycles. The third-order valence-electron chi connectivity index (χ3n) is 4.64. The van der Waals surface area contributed by atoms with Crippen molar-refractivity contribution in [3.05, 3.63) is 87.4 Å². The van der Waals surface area contributed by atoms with Crippen LogP contribution in [0.15, 0.2) is 71.4 Å². The molecule has 1 aliphatic rings. The lowest BCUT2D eigenvalue weighted by Crippen LogP contribution is -2.20. The van der Waals surface area contributed by atoms with Gasteiger partial charge in [0.25, 0.3) is 0 Å². The Hall–Kier alpha value is -3.76. The van der Waals surface area contributed by atoms with Crippen molar-refractivity contribution in [1.82, 2.24) is 0 Å². The normalized spacial score (nSPS) is 15.0. The van der Waals surface area contributed by atoms with Gasteiger partial charge in [-0.05, 0) is 36.6 Å². The molecule has 0 bridgehead atoms. The van der Waals surface area contributed by atoms with Gasteiger partial charge in [-0.3, -0.25) is 0 Å². The molecule has 1 atom stereocenters. The van der Waals surface area contributed by atoms with Gasteiger partial charge in [0.05, 0.1) is 12.5 Å². The van der Waals surface area contributed by atoms with E-state index in [1.54, 1.807) is 42.5 Å². The predicted octanol–water partition coefficient (Wildman–Crippen LogP) is 4.58. The highest BCUT2D eigenvalue weighted by atomic mass is 32.1. The van der Waals surface area contributed by atoms with Crippen LogP contribution >= 0.6 is 11.3 Å². The van der Waals surface area contributed by atoms with E-state index in [9.17, 15) is 10.1 Å². The average molecular weight is 418 g/mol. The van der Waals surface area contributed by atoms with Gasteiger partial charge in [-0.2, -0.15) is 5.26 Å². The van der Waals surface area contributed by atoms with Gasteiger partial charge < -0.3 is 19.9 Å². The van der Waals surface area contributed by atoms with E-state index in [1.165, 1.54) is 11.3 Å². The summed E-state index contributed by atoms with van der Waals surface area (Å²) in [6.45, 7) is 2.29. The van der Waals surface area contributed by atoms with Crippen LogP contribution in [0.2, 0.25) is 0 Å². The zero-order chi connectivity index (χ0) is 21.1. The first-order valence-corrected chi connectivity index (χ1v) is 10.2. The van der Waals surface area contributed by atoms with Crippen molar-refractivity contribution in [1.29, 1.82) is 5.26 Å². The highest BCUT2D eigenvalue weighted by Gasteiger charge is 2.31. The lowest BCUT2D eigenvalue weighted by atomic mass is 9.88. The predicted molar refractivity (Wildman–Crippen MR) is 113 cm³/mol. The van der Waals surface area contributed by atoms with Crippen LogP contribution in [0.5, 0.6) is 17.2 Å². The summed E-state index contributed by atoms with van der Waals surface area (Å²) in [5, 5.41) is 11.5. The fourth-order valence-corrected chi connectivity index (χ4v) is 4.18. The molecule has 0 aliphatic carbocycles. The van der Waals surface area contributed by atoms with Crippen LogP contribution < -0.4 is 19.9 Å². The Morgan fingerprint density at radius 2 is 2.07 bits per heavy atom. The summed E-state index contributed by atoms with van der Waals surface area (Å²) in [5.74, 6) is 0.417. The van der Waals surface area contributed by atoms with Gasteiger partial charge >= 0.3 is 5.97 Å². The minimum atomic E-state index is -0.536. The smallest absolute Gasteiger partial charge is 0.347 e. The van der Waals surface area contributed by atoms with Crippen molar-refractivity contribution in [3.63, 3.8) is 0 Å². The molecule has 4 rings (SSSR count). The molecule has 0 radical (unpaired) electrons. The van der Waals surface area contributed by atoms with E-state index in [2.05, 4.69) is 6.07 Å². The molecule has 3 aromatic rings. The average Bonchev–Trinajstić information content (AvgIpc) is 3.27. The third-order valence-corrected chi connectivity index (χ3v) is 5.57. The van der Waals surface area contributed by atoms with Gasteiger partial charge in [-0.15, -0.1) is 11.3 Å². The van der Waals surface area contributed by atoms with Crippen LogP contribution in [0.3, 0.4) is 0 Å². The zero-order valence-corrected chi connectivity index (χ0v) is 16.9. The first-order chi connectivity index (χ1) is 14.6. The number of nitrogens with zero attached hydrogens (tertiary/aromatic N) is 1. The second-order valence-electron chi connectivity index (χ2n) is 6.46. The largest absolute Gasteiger partial charge is 0.493 e. The maximum atomic E-state index is 12.7. The second-order valence-corrected chi connectivity index (χ2v) is 7.44. The first kappa shape index (κ1) is 19.6. The van der Waals surface area contributed by atoms with Crippen LogP contribution in [0.25, 0.3) is 0 Å². The SMILES string of the molecule is CCOc1ccccc1C(=O)Oc1ccc2c(c1)OC(N)=C(C#N)C2c1cccs1. The number of allylic oxidation sites excluding steroid dienone is 1. The number of para-hydroxylation sites is 1. The number of ether oxygens (including phenoxy) is 3. The number of hydrogen-bond acceptors (Lipinski definition) is 7. The Kier molecular flexibility index (Phi) is 5.42. The van der Waals surface area contributed by atoms with Crippen LogP contribution in [-0.4, -0.2) is 12.6 Å². The summed E-state index contributed by atoms with van der Waals surface area (Å²) in [7, 11) is 0. The number of benzene rings is 2. The van der Waals surface area contributed by atoms with Crippen molar-refractivity contribution in [3.8, 4) is 23.3 Å². The minimum Gasteiger partial charge on any atom is -0.493 e. The number of fused-ring (bicyclic) bond motifs is 1. The van der Waals surface area contributed by atoms with E-state index in [0.717, 1.165) is 10.4 Å². The highest BCUT2D eigenvalue weighted by Crippen LogP contribution is 2.44. The molecule has 2 aromatic carbocycles. The van der Waals surface area contributed by atoms with Gasteiger partial charge in [0, 0.05) is 16.5 Å². The number of hydrogen-bond donors (Lipinski definition) is 1. The number of thiophene rings is 1. The molecule has 6 nitrogen and oxygen atoms in total. The number of nitriles is 1. The quantitative estimate of drug-likeness (QED) is 0.481. The second kappa shape index (κ2) is 8.31. The fraction of sp³-hybridized carbons (Fsp3) is 0.130. The summed E-state index contributed by atoms with van der Waals surface area (Å²) in [6.07, 6.45) is 0. The lowest BCUT2D eigenvalue weighted by molar-refractivity contribution is 0.0730. The van der Waals surface area contributed by atoms with E-state index < -0.39 is 5.97 Å². The number of rotatable bonds is 5. The van der Waals surface area contributed by atoms with Crippen LogP contribution in [0.1, 0.15) is 33.6 Å². The standard InChI is InChI=1S/C23H18N2O4S/c1-2-27-18-7-4-3-6-16(18)23(26)28-14-9-10-15-19(12-14)29-22(25)17(13-24)21(15)20-8-5-11-30-20/h3-12,21H,2,25H2,1H3. The van der Waals surface area contributed by atoms with E-state index >= 15 is 0 Å². The lowest BCUT2D eigenvalue weighted by Gasteiger charge is -2.25.